The molecule has 1 fully saturated rings. The van der Waals surface area contributed by atoms with Gasteiger partial charge < -0.3 is 9.64 Å². The number of anilines is 1. The Morgan fingerprint density at radius 3 is 2.56 bits per heavy atom. The van der Waals surface area contributed by atoms with Gasteiger partial charge in [-0.2, -0.15) is 0 Å². The van der Waals surface area contributed by atoms with Gasteiger partial charge in [-0.15, -0.1) is 10.2 Å². The van der Waals surface area contributed by atoms with Crippen LogP contribution in [0.1, 0.15) is 0 Å². The second kappa shape index (κ2) is 7.46. The molecule has 0 unspecified atom stereocenters. The first-order valence-electron chi connectivity index (χ1n) is 7.67. The topological polar surface area (TPSA) is 92.7 Å². The maximum Gasteiger partial charge on any atom is 0.243 e. The highest BCUT2D eigenvalue weighted by Gasteiger charge is 2.27. The predicted octanol–water partition coefficient (Wildman–Crippen LogP) is 0.830. The number of benzene rings is 1. The van der Waals surface area contributed by atoms with E-state index in [1.165, 1.54) is 0 Å². The summed E-state index contributed by atoms with van der Waals surface area (Å²) in [5.41, 5.74) is 0.846. The Labute approximate surface area is 150 Å². The maximum absolute atomic E-state index is 12.4. The largest absolute Gasteiger partial charge is 0.378 e. The van der Waals surface area contributed by atoms with Gasteiger partial charge in [0.25, 0.3) is 0 Å². The van der Waals surface area contributed by atoms with E-state index in [9.17, 15) is 13.2 Å². The van der Waals surface area contributed by atoms with Crippen molar-refractivity contribution in [3.8, 4) is 10.6 Å². The van der Waals surface area contributed by atoms with Crippen molar-refractivity contribution >= 4 is 32.4 Å². The van der Waals surface area contributed by atoms with Crippen LogP contribution in [0.3, 0.4) is 0 Å². The first-order valence-corrected chi connectivity index (χ1v) is 10.3. The summed E-state index contributed by atoms with van der Waals surface area (Å²) >= 11 is 1.14. The Morgan fingerprint density at radius 1 is 1.24 bits per heavy atom. The van der Waals surface area contributed by atoms with E-state index < -0.39 is 10.0 Å². The number of aromatic nitrogens is 2. The highest BCUT2D eigenvalue weighted by Crippen LogP contribution is 2.29. The minimum Gasteiger partial charge on any atom is -0.378 e. The number of carbonyl (C=O) groups excluding carboxylic acids is 1. The van der Waals surface area contributed by atoms with Crippen LogP contribution in [0.5, 0.6) is 0 Å². The van der Waals surface area contributed by atoms with Crippen LogP contribution in [0, 0.1) is 0 Å². The number of carbonyl (C=O) groups is 1. The summed E-state index contributed by atoms with van der Waals surface area (Å²) in [6.07, 6.45) is 1.06. The minimum absolute atomic E-state index is 0.183. The van der Waals surface area contributed by atoms with Gasteiger partial charge in [-0.3, -0.25) is 4.79 Å². The van der Waals surface area contributed by atoms with Gasteiger partial charge in [0.05, 0.1) is 19.5 Å². The summed E-state index contributed by atoms with van der Waals surface area (Å²) < 4.78 is 30.6. The lowest BCUT2D eigenvalue weighted by Gasteiger charge is -2.28. The van der Waals surface area contributed by atoms with Crippen molar-refractivity contribution in [1.29, 1.82) is 0 Å². The number of hydrogen-bond acceptors (Lipinski definition) is 7. The van der Waals surface area contributed by atoms with E-state index in [0.29, 0.717) is 31.3 Å². The van der Waals surface area contributed by atoms with Crippen molar-refractivity contribution in [3.05, 3.63) is 30.3 Å². The van der Waals surface area contributed by atoms with Crippen LogP contribution in [0.4, 0.5) is 5.13 Å². The molecule has 10 heteroatoms. The maximum atomic E-state index is 12.4. The van der Waals surface area contributed by atoms with Gasteiger partial charge in [-0.25, -0.2) is 12.7 Å². The van der Waals surface area contributed by atoms with Crippen molar-refractivity contribution in [2.75, 3.05) is 43.4 Å². The second-order valence-corrected chi connectivity index (χ2v) is 8.38. The molecular weight excluding hydrogens is 364 g/mol. The van der Waals surface area contributed by atoms with Gasteiger partial charge in [0, 0.05) is 18.7 Å². The van der Waals surface area contributed by atoms with Gasteiger partial charge in [0.2, 0.25) is 21.1 Å². The van der Waals surface area contributed by atoms with E-state index in [2.05, 4.69) is 10.2 Å². The fourth-order valence-electron chi connectivity index (χ4n) is 2.38. The zero-order valence-corrected chi connectivity index (χ0v) is 15.3. The lowest BCUT2D eigenvalue weighted by molar-refractivity contribution is -0.133. The van der Waals surface area contributed by atoms with E-state index in [1.807, 2.05) is 30.3 Å². The smallest absolute Gasteiger partial charge is 0.243 e. The van der Waals surface area contributed by atoms with Crippen molar-refractivity contribution in [3.63, 3.8) is 0 Å². The summed E-state index contributed by atoms with van der Waals surface area (Å²) in [4.78, 5) is 14.0. The molecule has 2 heterocycles. The number of ether oxygens (including phenoxy) is 1. The zero-order chi connectivity index (χ0) is 17.9. The summed E-state index contributed by atoms with van der Waals surface area (Å²) in [6.45, 7) is 1.55. The minimum atomic E-state index is -3.66. The Hall–Kier alpha value is -2.04. The highest BCUT2D eigenvalue weighted by molar-refractivity contribution is 7.92. The molecule has 0 spiro atoms. The molecule has 8 nitrogen and oxygen atoms in total. The molecule has 0 bridgehead atoms. The Kier molecular flexibility index (Phi) is 5.30. The van der Waals surface area contributed by atoms with E-state index in [1.54, 1.807) is 4.90 Å². The molecule has 0 atom stereocenters. The molecule has 2 aromatic rings. The molecule has 134 valence electrons. The third-order valence-corrected chi connectivity index (χ3v) is 5.90. The fraction of sp³-hybridized carbons (Fsp3) is 0.400. The van der Waals surface area contributed by atoms with Gasteiger partial charge in [-0.1, -0.05) is 41.7 Å². The van der Waals surface area contributed by atoms with Gasteiger partial charge in [0.1, 0.15) is 11.6 Å². The zero-order valence-electron chi connectivity index (χ0n) is 13.7. The monoisotopic (exact) mass is 382 g/mol. The molecular formula is C15H18N4O4S2. The van der Waals surface area contributed by atoms with Crippen LogP contribution in [0.25, 0.3) is 10.6 Å². The first kappa shape index (κ1) is 17.8. The molecule has 25 heavy (non-hydrogen) atoms. The molecule has 0 N–H and O–H groups in total. The van der Waals surface area contributed by atoms with Crippen LogP contribution in [-0.2, 0) is 19.6 Å². The second-order valence-electron chi connectivity index (χ2n) is 5.52. The van der Waals surface area contributed by atoms with Crippen LogP contribution in [0.2, 0.25) is 0 Å². The molecule has 0 saturated carbocycles. The quantitative estimate of drug-likeness (QED) is 0.760. The number of morpholine rings is 1. The van der Waals surface area contributed by atoms with Gasteiger partial charge in [-0.05, 0) is 0 Å². The molecule has 1 saturated heterocycles. The van der Waals surface area contributed by atoms with Crippen molar-refractivity contribution in [2.45, 2.75) is 0 Å². The van der Waals surface area contributed by atoms with E-state index in [0.717, 1.165) is 27.5 Å². The fourth-order valence-corrected chi connectivity index (χ4v) is 4.32. The normalized spacial score (nSPS) is 15.2. The van der Waals surface area contributed by atoms with E-state index in [4.69, 9.17) is 4.74 Å². The molecule has 1 aliphatic heterocycles. The van der Waals surface area contributed by atoms with Crippen LogP contribution in [0.15, 0.2) is 30.3 Å². The third-order valence-electron chi connectivity index (χ3n) is 3.69. The number of rotatable bonds is 5. The Balaban J connectivity index is 1.82. The molecule has 1 aromatic heterocycles. The standard InChI is InChI=1S/C15H18N4O4S2/c1-25(21,22)19(11-13(20)18-7-9-23-10-8-18)15-17-16-14(24-15)12-5-3-2-4-6-12/h2-6H,7-11H2,1H3. The number of sulfonamides is 1. The summed E-state index contributed by atoms with van der Waals surface area (Å²) in [7, 11) is -3.66. The van der Waals surface area contributed by atoms with Crippen LogP contribution < -0.4 is 4.31 Å². The van der Waals surface area contributed by atoms with Crippen molar-refractivity contribution in [2.24, 2.45) is 0 Å². The van der Waals surface area contributed by atoms with Gasteiger partial charge >= 0.3 is 0 Å². The average molecular weight is 382 g/mol. The summed E-state index contributed by atoms with van der Waals surface area (Å²) in [6, 6.07) is 9.36. The first-order chi connectivity index (χ1) is 11.9. The Morgan fingerprint density at radius 2 is 1.92 bits per heavy atom. The summed E-state index contributed by atoms with van der Waals surface area (Å²) in [5, 5.41) is 8.82. The van der Waals surface area contributed by atoms with Crippen molar-refractivity contribution in [1.82, 2.24) is 15.1 Å². The Bertz CT molecular complexity index is 832. The molecule has 1 aromatic carbocycles. The van der Waals surface area contributed by atoms with E-state index >= 15 is 0 Å². The number of amides is 1. The lowest BCUT2D eigenvalue weighted by Crippen LogP contribution is -2.47. The molecule has 0 radical (unpaired) electrons. The average Bonchev–Trinajstić information content (AvgIpc) is 3.09. The molecule has 3 rings (SSSR count). The SMILES string of the molecule is CS(=O)(=O)N(CC(=O)N1CCOCC1)c1nnc(-c2ccccc2)s1. The predicted molar refractivity (Wildman–Crippen MR) is 94.9 cm³/mol. The highest BCUT2D eigenvalue weighted by atomic mass is 32.2. The molecule has 1 aliphatic rings. The van der Waals surface area contributed by atoms with E-state index in [-0.39, 0.29) is 17.6 Å². The summed E-state index contributed by atoms with van der Waals surface area (Å²) in [5.74, 6) is -0.273. The van der Waals surface area contributed by atoms with Crippen LogP contribution in [-0.4, -0.2) is 68.5 Å². The van der Waals surface area contributed by atoms with Crippen LogP contribution >= 0.6 is 11.3 Å². The lowest BCUT2D eigenvalue weighted by atomic mass is 10.2. The van der Waals surface area contributed by atoms with Crippen molar-refractivity contribution < 1.29 is 17.9 Å². The number of hydrogen-bond donors (Lipinski definition) is 0. The third kappa shape index (κ3) is 4.33. The molecule has 1 amide bonds. The number of nitrogens with zero attached hydrogens (tertiary/aromatic N) is 4. The van der Waals surface area contributed by atoms with Gasteiger partial charge in [0.15, 0.2) is 0 Å². The molecule has 0 aliphatic carbocycles.